The summed E-state index contributed by atoms with van der Waals surface area (Å²) in [4.78, 5) is 35.3. The van der Waals surface area contributed by atoms with E-state index in [-0.39, 0.29) is 50.1 Å². The molecule has 0 radical (unpaired) electrons. The monoisotopic (exact) mass is 769 g/mol. The van der Waals surface area contributed by atoms with Crippen LogP contribution < -0.4 is 0 Å². The third kappa shape index (κ3) is 25.9. The summed E-state index contributed by atoms with van der Waals surface area (Å²) >= 11 is 0. The topological polar surface area (TPSA) is 136 Å². The van der Waals surface area contributed by atoms with Crippen LogP contribution in [0.15, 0.2) is 0 Å². The number of ether oxygens (including phenoxy) is 7. The van der Waals surface area contributed by atoms with Gasteiger partial charge in [-0.2, -0.15) is 0 Å². The molecule has 0 aliphatic carbocycles. The van der Waals surface area contributed by atoms with Gasteiger partial charge in [-0.15, -0.1) is 0 Å². The Balaban J connectivity index is 6.36. The molecule has 0 heterocycles. The van der Waals surface area contributed by atoms with Gasteiger partial charge in [-0.25, -0.2) is 0 Å². The minimum Gasteiger partial charge on any atom is -0.396 e. The fourth-order valence-electron chi connectivity index (χ4n) is 5.87. The van der Waals surface area contributed by atoms with Crippen molar-refractivity contribution in [1.29, 1.82) is 0 Å². The van der Waals surface area contributed by atoms with E-state index >= 15 is 0 Å². The van der Waals surface area contributed by atoms with Gasteiger partial charge in [-0.1, -0.05) is 0 Å². The predicted molar refractivity (Wildman–Crippen MR) is 223 cm³/mol. The molecule has 0 atom stereocenters. The number of carbonyl (C=O) groups is 3. The minimum absolute atomic E-state index is 0.0173. The Morgan fingerprint density at radius 2 is 0.611 bits per heavy atom. The van der Waals surface area contributed by atoms with Gasteiger partial charge in [0.15, 0.2) is 23.5 Å². The Labute approximate surface area is 332 Å². The van der Waals surface area contributed by atoms with E-state index in [1.807, 2.05) is 96.9 Å². The van der Waals surface area contributed by atoms with Crippen LogP contribution in [0.3, 0.4) is 0 Å². The SMILES string of the molecule is BC(=O)CC(C)(C)OCCC(C)(C)OCC(COC(C)(C)CCO)(COC(C)(C)CCOC(C)(C)CC(B)=O)COC(C)(C)CCOC(C)(C)CC(B)=O. The van der Waals surface area contributed by atoms with Crippen molar-refractivity contribution in [3.05, 3.63) is 0 Å². The van der Waals surface area contributed by atoms with Gasteiger partial charge in [-0.3, -0.25) is 0 Å². The zero-order chi connectivity index (χ0) is 42.3. The number of aliphatic hydroxyl groups is 1. The molecule has 0 saturated heterocycles. The summed E-state index contributed by atoms with van der Waals surface area (Å²) in [5.74, 6) is 0. The van der Waals surface area contributed by atoms with Gasteiger partial charge < -0.3 is 52.6 Å². The van der Waals surface area contributed by atoms with Crippen LogP contribution in [-0.2, 0) is 47.5 Å². The lowest BCUT2D eigenvalue weighted by Crippen LogP contribution is -2.49. The first-order valence-corrected chi connectivity index (χ1v) is 19.8. The van der Waals surface area contributed by atoms with Crippen molar-refractivity contribution in [3.8, 4) is 0 Å². The Hall–Kier alpha value is -1.12. The van der Waals surface area contributed by atoms with Crippen molar-refractivity contribution in [3.63, 3.8) is 0 Å². The molecule has 314 valence electrons. The fourth-order valence-corrected chi connectivity index (χ4v) is 5.87. The first-order valence-electron chi connectivity index (χ1n) is 19.8. The lowest BCUT2D eigenvalue weighted by Gasteiger charge is -2.42. The van der Waals surface area contributed by atoms with Gasteiger partial charge >= 0.3 is 0 Å². The minimum atomic E-state index is -0.781. The van der Waals surface area contributed by atoms with Crippen LogP contribution in [0, 0.1) is 5.41 Å². The largest absolute Gasteiger partial charge is 0.396 e. The number of carbonyl (C=O) groups excluding carboxylic acids is 3. The molecular weight excluding hydrogens is 689 g/mol. The molecule has 0 aliphatic heterocycles. The van der Waals surface area contributed by atoms with Crippen LogP contribution in [0.2, 0.25) is 0 Å². The molecule has 0 rings (SSSR count). The highest BCUT2D eigenvalue weighted by atomic mass is 16.6. The van der Waals surface area contributed by atoms with Crippen molar-refractivity contribution >= 4 is 40.6 Å². The maximum absolute atomic E-state index is 11.8. The highest BCUT2D eigenvalue weighted by molar-refractivity contribution is 6.58. The highest BCUT2D eigenvalue weighted by Gasteiger charge is 2.40. The summed E-state index contributed by atoms with van der Waals surface area (Å²) < 4.78 is 45.1. The molecule has 0 aromatic carbocycles. The van der Waals surface area contributed by atoms with Gasteiger partial charge in [0.05, 0.1) is 108 Å². The molecule has 0 bridgehead atoms. The summed E-state index contributed by atoms with van der Waals surface area (Å²) in [5, 5.41) is 9.78. The lowest BCUT2D eigenvalue weighted by molar-refractivity contribution is -0.196. The Morgan fingerprint density at radius 1 is 0.389 bits per heavy atom. The summed E-state index contributed by atoms with van der Waals surface area (Å²) in [7, 11) is 4.71. The molecule has 54 heavy (non-hydrogen) atoms. The lowest BCUT2D eigenvalue weighted by atomic mass is 9.89. The molecule has 0 aromatic heterocycles. The number of hydrogen-bond acceptors (Lipinski definition) is 11. The van der Waals surface area contributed by atoms with Crippen molar-refractivity contribution < 1.29 is 52.6 Å². The maximum Gasteiger partial charge on any atom is 0.187 e. The zero-order valence-electron chi connectivity index (χ0n) is 37.6. The smallest absolute Gasteiger partial charge is 0.187 e. The van der Waals surface area contributed by atoms with Crippen molar-refractivity contribution in [2.45, 2.75) is 181 Å². The Morgan fingerprint density at radius 3 is 0.815 bits per heavy atom. The summed E-state index contributed by atoms with van der Waals surface area (Å²) in [5.41, 5.74) is -4.71. The first-order chi connectivity index (χ1) is 24.3. The van der Waals surface area contributed by atoms with Crippen LogP contribution in [0.25, 0.3) is 0 Å². The van der Waals surface area contributed by atoms with Crippen molar-refractivity contribution in [2.75, 3.05) is 52.9 Å². The van der Waals surface area contributed by atoms with Crippen LogP contribution in [0.5, 0.6) is 0 Å². The third-order valence-electron chi connectivity index (χ3n) is 9.41. The molecule has 1 N–H and O–H groups in total. The Kier molecular flexibility index (Phi) is 21.7. The maximum atomic E-state index is 11.8. The highest BCUT2D eigenvalue weighted by Crippen LogP contribution is 2.33. The number of hydrogen-bond donors (Lipinski definition) is 1. The van der Waals surface area contributed by atoms with Gasteiger partial charge in [0.2, 0.25) is 0 Å². The number of rotatable bonds is 32. The second kappa shape index (κ2) is 22.1. The van der Waals surface area contributed by atoms with E-state index in [4.69, 9.17) is 33.2 Å². The molecule has 0 amide bonds. The van der Waals surface area contributed by atoms with E-state index in [1.165, 1.54) is 0 Å². The van der Waals surface area contributed by atoms with Gasteiger partial charge in [-0.05, 0) is 123 Å². The van der Waals surface area contributed by atoms with Gasteiger partial charge in [0.1, 0.15) is 0 Å². The van der Waals surface area contributed by atoms with Crippen molar-refractivity contribution in [1.82, 2.24) is 0 Å². The van der Waals surface area contributed by atoms with Crippen molar-refractivity contribution in [2.24, 2.45) is 5.41 Å². The molecule has 0 aliphatic rings. The summed E-state index contributed by atoms with van der Waals surface area (Å²) in [6, 6.07) is 0. The van der Waals surface area contributed by atoms with E-state index in [2.05, 4.69) is 0 Å². The average molecular weight is 768 g/mol. The molecule has 0 unspecified atom stereocenters. The molecular formula is C40H79B3O11. The van der Waals surface area contributed by atoms with Gasteiger partial charge in [0, 0.05) is 25.9 Å². The summed E-state index contributed by atoms with van der Waals surface area (Å²) in [6.07, 6.45) is 3.19. The van der Waals surface area contributed by atoms with Crippen LogP contribution >= 0.6 is 0 Å². The fraction of sp³-hybridized carbons (Fsp3) is 0.925. The average Bonchev–Trinajstić information content (AvgIpc) is 2.93. The van der Waals surface area contributed by atoms with Gasteiger partial charge in [0.25, 0.3) is 0 Å². The van der Waals surface area contributed by atoms with E-state index in [0.29, 0.717) is 64.8 Å². The third-order valence-corrected chi connectivity index (χ3v) is 9.41. The number of aliphatic hydroxyl groups excluding tert-OH is 1. The molecule has 14 heteroatoms. The zero-order valence-corrected chi connectivity index (χ0v) is 37.6. The molecule has 11 nitrogen and oxygen atoms in total. The molecule has 0 aromatic rings. The standard InChI is InChI=1S/C40H79B3O11/c1-33(2,15-19-44)51-26-40(27-52-34(3,4)16-20-48-37(9,10)23-30(41)45,28-53-35(5,6)17-21-49-38(11,12)24-31(42)46)29-54-36(7,8)18-22-50-39(13,14)25-32(43)47/h44H,15-29,41-43H2,1-14H3. The van der Waals surface area contributed by atoms with Crippen LogP contribution in [0.4, 0.5) is 0 Å². The Bertz CT molecular complexity index is 1030. The van der Waals surface area contributed by atoms with Crippen LogP contribution in [0.1, 0.15) is 142 Å². The second-order valence-corrected chi connectivity index (χ2v) is 19.9. The van der Waals surface area contributed by atoms with E-state index in [0.717, 1.165) is 0 Å². The summed E-state index contributed by atoms with van der Waals surface area (Å²) in [6.45, 7) is 29.7. The van der Waals surface area contributed by atoms with E-state index in [1.54, 1.807) is 23.5 Å². The second-order valence-electron chi connectivity index (χ2n) is 19.9. The van der Waals surface area contributed by atoms with E-state index < -0.39 is 44.6 Å². The predicted octanol–water partition coefficient (Wildman–Crippen LogP) is 3.74. The molecule has 0 saturated carbocycles. The molecule has 0 fully saturated rings. The quantitative estimate of drug-likeness (QED) is 0.100. The normalized spacial score (nSPS) is 14.1. The van der Waals surface area contributed by atoms with E-state index in [9.17, 15) is 19.5 Å². The first kappa shape index (κ1) is 52.9. The molecule has 0 spiro atoms. The van der Waals surface area contributed by atoms with Crippen LogP contribution in [-0.4, -0.2) is 138 Å².